The van der Waals surface area contributed by atoms with Crippen molar-refractivity contribution >= 4 is 10.0 Å². The molecule has 0 spiro atoms. The Labute approximate surface area is 216 Å². The van der Waals surface area contributed by atoms with E-state index in [0.29, 0.717) is 24.9 Å². The number of aromatic nitrogens is 2. The Morgan fingerprint density at radius 1 is 1.11 bits per heavy atom. The standard InChI is InChI=1S/C27H32F2N4O3S/c1-18-9-10-26(20-7-5-4-6-8-20)37(34,35)33(18)15-21-11-25(29)23(12-24(21)28)27(16-36-17-27)30-13-22-14-32(3)31-19(22)2/h4-8,11-12,14,18,26,30H,9-10,13,15-17H2,1-3H3/t18-,26+/m0/s1. The molecule has 2 saturated heterocycles. The molecule has 7 nitrogen and oxygen atoms in total. The van der Waals surface area contributed by atoms with Gasteiger partial charge in [0, 0.05) is 49.1 Å². The summed E-state index contributed by atoms with van der Waals surface area (Å²) < 4.78 is 66.4. The highest BCUT2D eigenvalue weighted by atomic mass is 32.2. The number of rotatable bonds is 7. The van der Waals surface area contributed by atoms with Crippen molar-refractivity contribution in [1.29, 1.82) is 0 Å². The van der Waals surface area contributed by atoms with Crippen molar-refractivity contribution in [3.8, 4) is 0 Å². The second kappa shape index (κ2) is 9.90. The maximum atomic E-state index is 15.5. The SMILES string of the molecule is Cc1nn(C)cc1CNC1(c2cc(F)c(CN3[C@@H](C)CC[C@H](c4ccccc4)S3(=O)=O)cc2F)COC1. The lowest BCUT2D eigenvalue weighted by atomic mass is 9.86. The van der Waals surface area contributed by atoms with Crippen LogP contribution in [-0.4, -0.2) is 41.8 Å². The predicted octanol–water partition coefficient (Wildman–Crippen LogP) is 4.08. The van der Waals surface area contributed by atoms with E-state index in [1.807, 2.05) is 45.3 Å². The molecule has 10 heteroatoms. The monoisotopic (exact) mass is 530 g/mol. The summed E-state index contributed by atoms with van der Waals surface area (Å²) in [5.74, 6) is -1.22. The number of aryl methyl sites for hydroxylation is 2. The molecule has 0 radical (unpaired) electrons. The highest BCUT2D eigenvalue weighted by Gasteiger charge is 2.44. The van der Waals surface area contributed by atoms with Crippen LogP contribution in [0.1, 0.15) is 53.0 Å². The van der Waals surface area contributed by atoms with Crippen molar-refractivity contribution in [3.63, 3.8) is 0 Å². The quantitative estimate of drug-likeness (QED) is 0.498. The van der Waals surface area contributed by atoms with E-state index in [1.54, 1.807) is 16.8 Å². The van der Waals surface area contributed by atoms with Crippen LogP contribution >= 0.6 is 0 Å². The van der Waals surface area contributed by atoms with Crippen molar-refractivity contribution in [2.45, 2.75) is 56.6 Å². The van der Waals surface area contributed by atoms with Crippen molar-refractivity contribution in [1.82, 2.24) is 19.4 Å². The first-order chi connectivity index (χ1) is 17.6. The van der Waals surface area contributed by atoms with Crippen LogP contribution in [-0.2, 0) is 40.4 Å². The van der Waals surface area contributed by atoms with E-state index in [2.05, 4.69) is 10.4 Å². The molecular weight excluding hydrogens is 498 g/mol. The number of ether oxygens (including phenoxy) is 1. The van der Waals surface area contributed by atoms with Crippen LogP contribution in [0.5, 0.6) is 0 Å². The third-order valence-corrected chi connectivity index (χ3v) is 9.97. The average molecular weight is 531 g/mol. The number of sulfonamides is 1. The fraction of sp³-hybridized carbons (Fsp3) is 0.444. The lowest BCUT2D eigenvalue weighted by molar-refractivity contribution is -0.0813. The zero-order valence-corrected chi connectivity index (χ0v) is 22.1. The molecule has 2 atom stereocenters. The molecule has 0 bridgehead atoms. The van der Waals surface area contributed by atoms with Gasteiger partial charge in [0.15, 0.2) is 0 Å². The number of hydrogen-bond donors (Lipinski definition) is 1. The second-order valence-corrected chi connectivity index (χ2v) is 12.2. The van der Waals surface area contributed by atoms with Crippen molar-refractivity contribution < 1.29 is 21.9 Å². The van der Waals surface area contributed by atoms with E-state index in [-0.39, 0.29) is 36.9 Å². The summed E-state index contributed by atoms with van der Waals surface area (Å²) in [5.41, 5.74) is 1.86. The lowest BCUT2D eigenvalue weighted by Crippen LogP contribution is -2.57. The highest BCUT2D eigenvalue weighted by molar-refractivity contribution is 7.89. The molecule has 0 aliphatic carbocycles. The van der Waals surface area contributed by atoms with Gasteiger partial charge in [-0.3, -0.25) is 10.00 Å². The lowest BCUT2D eigenvalue weighted by Gasteiger charge is -2.43. The Morgan fingerprint density at radius 3 is 2.46 bits per heavy atom. The van der Waals surface area contributed by atoms with Gasteiger partial charge in [-0.1, -0.05) is 30.3 Å². The third-order valence-electron chi connectivity index (χ3n) is 7.60. The number of nitrogens with zero attached hydrogens (tertiary/aromatic N) is 3. The molecule has 5 rings (SSSR count). The molecule has 2 fully saturated rings. The Hall–Kier alpha value is -2.66. The fourth-order valence-corrected chi connectivity index (χ4v) is 7.53. The normalized spacial score (nSPS) is 23.1. The minimum absolute atomic E-state index is 0.0175. The Balaban J connectivity index is 1.39. The minimum atomic E-state index is -3.76. The summed E-state index contributed by atoms with van der Waals surface area (Å²) >= 11 is 0. The van der Waals surface area contributed by atoms with Gasteiger partial charge in [-0.2, -0.15) is 9.40 Å². The molecule has 1 N–H and O–H groups in total. The predicted molar refractivity (Wildman–Crippen MR) is 136 cm³/mol. The minimum Gasteiger partial charge on any atom is -0.377 e. The van der Waals surface area contributed by atoms with E-state index < -0.39 is 32.4 Å². The van der Waals surface area contributed by atoms with Gasteiger partial charge in [-0.25, -0.2) is 17.2 Å². The van der Waals surface area contributed by atoms with E-state index >= 15 is 8.78 Å². The summed E-state index contributed by atoms with van der Waals surface area (Å²) in [6.07, 6.45) is 3.02. The molecule has 0 saturated carbocycles. The van der Waals surface area contributed by atoms with Crippen LogP contribution in [0, 0.1) is 18.6 Å². The van der Waals surface area contributed by atoms with Crippen LogP contribution < -0.4 is 5.32 Å². The van der Waals surface area contributed by atoms with Crippen LogP contribution in [0.2, 0.25) is 0 Å². The van der Waals surface area contributed by atoms with Gasteiger partial charge in [-0.05, 0) is 44.4 Å². The van der Waals surface area contributed by atoms with Gasteiger partial charge in [-0.15, -0.1) is 0 Å². The van der Waals surface area contributed by atoms with Crippen LogP contribution in [0.25, 0.3) is 0 Å². The van der Waals surface area contributed by atoms with Gasteiger partial charge in [0.2, 0.25) is 10.0 Å². The molecule has 0 unspecified atom stereocenters. The zero-order valence-electron chi connectivity index (χ0n) is 21.2. The van der Waals surface area contributed by atoms with E-state index in [4.69, 9.17) is 4.74 Å². The first-order valence-corrected chi connectivity index (χ1v) is 14.0. The first-order valence-electron chi connectivity index (χ1n) is 12.5. The van der Waals surface area contributed by atoms with Crippen LogP contribution in [0.15, 0.2) is 48.7 Å². The maximum Gasteiger partial charge on any atom is 0.221 e. The van der Waals surface area contributed by atoms with E-state index in [1.165, 1.54) is 10.4 Å². The Bertz CT molecular complexity index is 1390. The van der Waals surface area contributed by atoms with Crippen LogP contribution in [0.3, 0.4) is 0 Å². The van der Waals surface area contributed by atoms with Gasteiger partial charge >= 0.3 is 0 Å². The number of nitrogens with one attached hydrogen (secondary N) is 1. The second-order valence-electron chi connectivity index (χ2n) is 10.2. The van der Waals surface area contributed by atoms with Crippen molar-refractivity contribution in [2.24, 2.45) is 7.05 Å². The fourth-order valence-electron chi connectivity index (χ4n) is 5.34. The molecule has 37 heavy (non-hydrogen) atoms. The molecule has 0 amide bonds. The smallest absolute Gasteiger partial charge is 0.221 e. The van der Waals surface area contributed by atoms with Crippen LogP contribution in [0.4, 0.5) is 8.78 Å². The summed E-state index contributed by atoms with van der Waals surface area (Å²) in [7, 11) is -1.93. The molecule has 198 valence electrons. The third kappa shape index (κ3) is 4.83. The number of halogens is 2. The summed E-state index contributed by atoms with van der Waals surface area (Å²) in [6.45, 7) is 4.33. The van der Waals surface area contributed by atoms with Crippen molar-refractivity contribution in [2.75, 3.05) is 13.2 Å². The van der Waals surface area contributed by atoms with Crippen molar-refractivity contribution in [3.05, 3.63) is 88.2 Å². The molecule has 3 heterocycles. The van der Waals surface area contributed by atoms with Gasteiger partial charge < -0.3 is 4.74 Å². The Morgan fingerprint density at radius 2 is 1.84 bits per heavy atom. The molecule has 2 aliphatic rings. The summed E-state index contributed by atoms with van der Waals surface area (Å²) in [5, 5.41) is 6.97. The van der Waals surface area contributed by atoms with Gasteiger partial charge in [0.05, 0.1) is 24.4 Å². The highest BCUT2D eigenvalue weighted by Crippen LogP contribution is 2.39. The van der Waals surface area contributed by atoms with Gasteiger partial charge in [0.25, 0.3) is 0 Å². The molecular formula is C27H32F2N4O3S. The van der Waals surface area contributed by atoms with E-state index in [0.717, 1.165) is 17.3 Å². The maximum absolute atomic E-state index is 15.5. The molecule has 1 aromatic heterocycles. The topological polar surface area (TPSA) is 76.5 Å². The summed E-state index contributed by atoms with van der Waals surface area (Å²) in [6, 6.07) is 11.1. The molecule has 3 aromatic rings. The summed E-state index contributed by atoms with van der Waals surface area (Å²) in [4.78, 5) is 0. The average Bonchev–Trinajstić information content (AvgIpc) is 3.15. The zero-order chi connectivity index (χ0) is 26.4. The molecule has 2 aliphatic heterocycles. The van der Waals surface area contributed by atoms with E-state index in [9.17, 15) is 8.42 Å². The largest absolute Gasteiger partial charge is 0.377 e. The molecule has 2 aromatic carbocycles. The Kier molecular flexibility index (Phi) is 6.95. The first kappa shape index (κ1) is 26.0. The number of benzene rings is 2. The van der Waals surface area contributed by atoms with Gasteiger partial charge in [0.1, 0.15) is 16.9 Å². The number of hydrogen-bond acceptors (Lipinski definition) is 5.